The maximum absolute atomic E-state index is 11.1. The maximum atomic E-state index is 11.1. The molecule has 1 aliphatic heterocycles. The van der Waals surface area contributed by atoms with Crippen LogP contribution in [0.25, 0.3) is 0 Å². The number of aliphatic carboxylic acids is 1. The van der Waals surface area contributed by atoms with E-state index in [1.165, 1.54) is 12.8 Å². The molecule has 3 rings (SSSR count). The van der Waals surface area contributed by atoms with Crippen LogP contribution in [0.1, 0.15) is 31.7 Å². The van der Waals surface area contributed by atoms with E-state index in [9.17, 15) is 4.79 Å². The van der Waals surface area contributed by atoms with Crippen molar-refractivity contribution in [2.75, 3.05) is 37.0 Å². The summed E-state index contributed by atoms with van der Waals surface area (Å²) in [5, 5.41) is 12.6. The van der Waals surface area contributed by atoms with Crippen LogP contribution in [-0.4, -0.2) is 73.1 Å². The second-order valence-corrected chi connectivity index (χ2v) is 7.69. The van der Waals surface area contributed by atoms with Gasteiger partial charge in [-0.25, -0.2) is 4.79 Å². The molecule has 2 aromatic carbocycles. The Bertz CT molecular complexity index is 815. The SMILES string of the molecule is CCCC1CN(CCCNc2ccc(C[C@H](OC)C(=O)O)cc2)c2ccccc2O1.[MgH2]. The topological polar surface area (TPSA) is 71.0 Å². The first-order chi connectivity index (χ1) is 14.6. The van der Waals surface area contributed by atoms with Gasteiger partial charge in [0.25, 0.3) is 0 Å². The summed E-state index contributed by atoms with van der Waals surface area (Å²) in [4.78, 5) is 13.5. The quantitative estimate of drug-likeness (QED) is 0.414. The van der Waals surface area contributed by atoms with Gasteiger partial charge in [-0.1, -0.05) is 37.6 Å². The number of methoxy groups -OCH3 is 1. The van der Waals surface area contributed by atoms with Crippen LogP contribution in [0.2, 0.25) is 0 Å². The van der Waals surface area contributed by atoms with Crippen LogP contribution >= 0.6 is 0 Å². The summed E-state index contributed by atoms with van der Waals surface area (Å²) in [5.41, 5.74) is 3.16. The molecule has 0 aromatic heterocycles. The van der Waals surface area contributed by atoms with Gasteiger partial charge < -0.3 is 24.8 Å². The molecular formula is C24H34MgN2O4. The van der Waals surface area contributed by atoms with Gasteiger partial charge in [-0.15, -0.1) is 0 Å². The van der Waals surface area contributed by atoms with Crippen LogP contribution in [0.15, 0.2) is 48.5 Å². The van der Waals surface area contributed by atoms with Crippen molar-refractivity contribution >= 4 is 40.4 Å². The molecule has 6 nitrogen and oxygen atoms in total. The second-order valence-electron chi connectivity index (χ2n) is 7.69. The number of hydrogen-bond acceptors (Lipinski definition) is 5. The van der Waals surface area contributed by atoms with E-state index in [0.29, 0.717) is 6.42 Å². The lowest BCUT2D eigenvalue weighted by Crippen LogP contribution is -2.40. The smallest absolute Gasteiger partial charge is 0.333 e. The maximum Gasteiger partial charge on any atom is 0.333 e. The van der Waals surface area contributed by atoms with Crippen LogP contribution in [0.5, 0.6) is 5.75 Å². The van der Waals surface area contributed by atoms with Gasteiger partial charge >= 0.3 is 29.0 Å². The molecule has 1 unspecified atom stereocenters. The predicted octanol–water partition coefficient (Wildman–Crippen LogP) is 3.28. The number of rotatable bonds is 11. The molecule has 2 N–H and O–H groups in total. The molecule has 0 spiro atoms. The average molecular weight is 439 g/mol. The molecule has 0 amide bonds. The van der Waals surface area contributed by atoms with Crippen molar-refractivity contribution in [1.82, 2.24) is 0 Å². The van der Waals surface area contributed by atoms with Crippen LogP contribution in [0.4, 0.5) is 11.4 Å². The highest BCUT2D eigenvalue weighted by Gasteiger charge is 2.24. The number of carboxylic acid groups (broad SMARTS) is 1. The van der Waals surface area contributed by atoms with Gasteiger partial charge in [0.1, 0.15) is 11.9 Å². The first-order valence-corrected chi connectivity index (χ1v) is 10.7. The molecule has 0 bridgehead atoms. The number of nitrogens with one attached hydrogen (secondary N) is 1. The number of hydrogen-bond donors (Lipinski definition) is 2. The number of ether oxygens (including phenoxy) is 2. The minimum atomic E-state index is -0.939. The standard InChI is InChI=1S/C24H32N2O4.Mg.2H/c1-3-7-20-17-26(21-8-4-5-9-22(21)30-20)15-6-14-25-19-12-10-18(11-13-19)16-23(29-2)24(27)28;;;/h4-5,8-13,20,23,25H,3,6-7,14-17H2,1-2H3,(H,27,28);;;/t20?,23-;;;/m0.../s1. The molecule has 166 valence electrons. The van der Waals surface area contributed by atoms with E-state index < -0.39 is 12.1 Å². The van der Waals surface area contributed by atoms with E-state index >= 15 is 0 Å². The van der Waals surface area contributed by atoms with Gasteiger partial charge in [0.15, 0.2) is 6.10 Å². The zero-order chi connectivity index (χ0) is 21.3. The van der Waals surface area contributed by atoms with Gasteiger partial charge in [-0.05, 0) is 42.7 Å². The summed E-state index contributed by atoms with van der Waals surface area (Å²) in [6.45, 7) is 4.97. The van der Waals surface area contributed by atoms with E-state index in [1.807, 2.05) is 30.3 Å². The summed E-state index contributed by atoms with van der Waals surface area (Å²) in [7, 11) is 1.42. The normalized spacial score (nSPS) is 15.9. The van der Waals surface area contributed by atoms with E-state index in [1.54, 1.807) is 0 Å². The molecule has 2 atom stereocenters. The Morgan fingerprint density at radius 1 is 1.26 bits per heavy atom. The third-order valence-corrected chi connectivity index (χ3v) is 5.40. The molecule has 1 heterocycles. The molecule has 2 aromatic rings. The third kappa shape index (κ3) is 7.30. The molecule has 0 fully saturated rings. The summed E-state index contributed by atoms with van der Waals surface area (Å²) in [6, 6.07) is 16.2. The predicted molar refractivity (Wildman–Crippen MR) is 128 cm³/mol. The van der Waals surface area contributed by atoms with E-state index in [2.05, 4.69) is 35.3 Å². The highest BCUT2D eigenvalue weighted by Crippen LogP contribution is 2.34. The van der Waals surface area contributed by atoms with Crippen LogP contribution in [0, 0.1) is 0 Å². The fourth-order valence-electron chi connectivity index (χ4n) is 3.81. The van der Waals surface area contributed by atoms with Crippen molar-refractivity contribution in [2.24, 2.45) is 0 Å². The number of anilines is 2. The molecule has 7 heteroatoms. The zero-order valence-corrected chi connectivity index (χ0v) is 17.8. The fraction of sp³-hybridized carbons (Fsp3) is 0.458. The van der Waals surface area contributed by atoms with Gasteiger partial charge in [0.2, 0.25) is 0 Å². The lowest BCUT2D eigenvalue weighted by Gasteiger charge is -2.36. The second kappa shape index (κ2) is 12.8. The number of nitrogens with zero attached hydrogens (tertiary/aromatic N) is 1. The van der Waals surface area contributed by atoms with Crippen LogP contribution in [-0.2, 0) is 16.0 Å². The molecule has 0 saturated heterocycles. The highest BCUT2D eigenvalue weighted by atomic mass is 24.3. The highest BCUT2D eigenvalue weighted by molar-refractivity contribution is 5.75. The van der Waals surface area contributed by atoms with Gasteiger partial charge in [-0.2, -0.15) is 0 Å². The van der Waals surface area contributed by atoms with Gasteiger partial charge in [0.05, 0.1) is 12.2 Å². The zero-order valence-electron chi connectivity index (χ0n) is 17.8. The van der Waals surface area contributed by atoms with Crippen molar-refractivity contribution in [3.05, 3.63) is 54.1 Å². The third-order valence-electron chi connectivity index (χ3n) is 5.40. The van der Waals surface area contributed by atoms with Gasteiger partial charge in [0, 0.05) is 32.3 Å². The average Bonchev–Trinajstić information content (AvgIpc) is 2.76. The number of carbonyl (C=O) groups is 1. The molecule has 0 radical (unpaired) electrons. The number of para-hydroxylation sites is 2. The number of carboxylic acids is 1. The minimum absolute atomic E-state index is 0. The summed E-state index contributed by atoms with van der Waals surface area (Å²) >= 11 is 0. The fourth-order valence-corrected chi connectivity index (χ4v) is 3.81. The Labute approximate surface area is 201 Å². The molecule has 0 saturated carbocycles. The Kier molecular flexibility index (Phi) is 10.4. The van der Waals surface area contributed by atoms with E-state index in [4.69, 9.17) is 14.6 Å². The molecule has 1 aliphatic rings. The Morgan fingerprint density at radius 2 is 2.00 bits per heavy atom. The van der Waals surface area contributed by atoms with Crippen molar-refractivity contribution in [1.29, 1.82) is 0 Å². The van der Waals surface area contributed by atoms with Crippen molar-refractivity contribution in [2.45, 2.75) is 44.8 Å². The lowest BCUT2D eigenvalue weighted by atomic mass is 10.1. The summed E-state index contributed by atoms with van der Waals surface area (Å²) in [6.07, 6.45) is 3.02. The van der Waals surface area contributed by atoms with Crippen LogP contribution < -0.4 is 15.0 Å². The largest absolute Gasteiger partial charge is 0.486 e. The van der Waals surface area contributed by atoms with Crippen LogP contribution in [0.3, 0.4) is 0 Å². The summed E-state index contributed by atoms with van der Waals surface area (Å²) < 4.78 is 11.1. The Hall–Kier alpha value is -1.96. The van der Waals surface area contributed by atoms with Crippen molar-refractivity contribution in [3.63, 3.8) is 0 Å². The van der Waals surface area contributed by atoms with Crippen molar-refractivity contribution < 1.29 is 19.4 Å². The lowest BCUT2D eigenvalue weighted by molar-refractivity contribution is -0.148. The molecular weight excluding hydrogens is 405 g/mol. The first-order valence-electron chi connectivity index (χ1n) is 10.7. The monoisotopic (exact) mass is 438 g/mol. The Morgan fingerprint density at radius 3 is 2.68 bits per heavy atom. The van der Waals surface area contributed by atoms with E-state index in [0.717, 1.165) is 55.9 Å². The molecule has 31 heavy (non-hydrogen) atoms. The number of fused-ring (bicyclic) bond motifs is 1. The summed E-state index contributed by atoms with van der Waals surface area (Å²) in [5.74, 6) is 0.0482. The Balaban J connectivity index is 0.00000341. The molecule has 0 aliphatic carbocycles. The van der Waals surface area contributed by atoms with Crippen molar-refractivity contribution in [3.8, 4) is 5.75 Å². The van der Waals surface area contributed by atoms with Gasteiger partial charge in [-0.3, -0.25) is 0 Å². The number of benzene rings is 2. The minimum Gasteiger partial charge on any atom is -0.486 e. The van der Waals surface area contributed by atoms with E-state index in [-0.39, 0.29) is 29.2 Å². The first kappa shape index (κ1) is 25.3.